The first kappa shape index (κ1) is 20.2. The lowest BCUT2D eigenvalue weighted by atomic mass is 10.1. The fraction of sp³-hybridized carbons (Fsp3) is 0.286. The summed E-state index contributed by atoms with van der Waals surface area (Å²) in [4.78, 5) is 28.7. The molecule has 0 aliphatic heterocycles. The number of anilines is 1. The molecule has 2 aromatic rings. The van der Waals surface area contributed by atoms with Gasteiger partial charge >= 0.3 is 0 Å². The predicted octanol–water partition coefficient (Wildman–Crippen LogP) is 4.05. The molecule has 27 heavy (non-hydrogen) atoms. The van der Waals surface area contributed by atoms with Gasteiger partial charge in [-0.05, 0) is 64.1 Å². The third-order valence-electron chi connectivity index (χ3n) is 3.62. The van der Waals surface area contributed by atoms with E-state index >= 15 is 0 Å². The predicted molar refractivity (Wildman–Crippen MR) is 105 cm³/mol. The number of carbonyl (C=O) groups is 2. The average molecular weight is 368 g/mol. The number of rotatable bonds is 8. The van der Waals surface area contributed by atoms with Crippen LogP contribution in [0.5, 0.6) is 5.75 Å². The molecule has 0 aliphatic carbocycles. The lowest BCUT2D eigenvalue weighted by Crippen LogP contribution is -2.26. The van der Waals surface area contributed by atoms with Crippen LogP contribution in [-0.4, -0.2) is 30.1 Å². The third-order valence-corrected chi connectivity index (χ3v) is 3.62. The monoisotopic (exact) mass is 368 g/mol. The Kier molecular flexibility index (Phi) is 7.11. The van der Waals surface area contributed by atoms with E-state index in [0.717, 1.165) is 5.56 Å². The van der Waals surface area contributed by atoms with Crippen LogP contribution >= 0.6 is 0 Å². The van der Waals surface area contributed by atoms with E-state index < -0.39 is 6.10 Å². The zero-order chi connectivity index (χ0) is 19.8. The van der Waals surface area contributed by atoms with E-state index in [1.54, 1.807) is 31.2 Å². The molecule has 0 saturated heterocycles. The van der Waals surface area contributed by atoms with Crippen LogP contribution in [-0.2, 0) is 9.63 Å². The molecule has 1 unspecified atom stereocenters. The molecule has 6 nitrogen and oxygen atoms in total. The van der Waals surface area contributed by atoms with Gasteiger partial charge in [-0.3, -0.25) is 9.59 Å². The summed E-state index contributed by atoms with van der Waals surface area (Å²) in [7, 11) is 0. The number of Topliss-reactive ketones (excluding diaryl/α,β-unsaturated/α-hetero) is 1. The van der Waals surface area contributed by atoms with Gasteiger partial charge in [-0.15, -0.1) is 0 Å². The fourth-order valence-electron chi connectivity index (χ4n) is 2.21. The molecule has 1 N–H and O–H groups in total. The van der Waals surface area contributed by atoms with Crippen LogP contribution < -0.4 is 10.1 Å². The number of ketones is 1. The summed E-state index contributed by atoms with van der Waals surface area (Å²) in [6.45, 7) is 6.98. The normalized spacial score (nSPS) is 12.0. The Bertz CT molecular complexity index is 813. The third kappa shape index (κ3) is 6.26. The molecular weight excluding hydrogens is 344 g/mol. The van der Waals surface area contributed by atoms with E-state index in [9.17, 15) is 9.59 Å². The molecule has 1 amide bonds. The van der Waals surface area contributed by atoms with Crippen molar-refractivity contribution in [3.05, 3.63) is 59.7 Å². The molecule has 0 radical (unpaired) electrons. The van der Waals surface area contributed by atoms with Crippen molar-refractivity contribution in [1.82, 2.24) is 0 Å². The fourth-order valence-corrected chi connectivity index (χ4v) is 2.21. The minimum atomic E-state index is -0.785. The van der Waals surface area contributed by atoms with Crippen LogP contribution in [0.25, 0.3) is 0 Å². The van der Waals surface area contributed by atoms with Crippen LogP contribution in [0.3, 0.4) is 0 Å². The summed E-state index contributed by atoms with van der Waals surface area (Å²) in [5, 5.41) is 6.62. The molecule has 0 bridgehead atoms. The van der Waals surface area contributed by atoms with Crippen LogP contribution in [0.15, 0.2) is 53.7 Å². The van der Waals surface area contributed by atoms with Crippen molar-refractivity contribution in [1.29, 1.82) is 0 Å². The molecule has 0 aromatic heterocycles. The van der Waals surface area contributed by atoms with Crippen molar-refractivity contribution in [2.45, 2.75) is 39.9 Å². The van der Waals surface area contributed by atoms with Crippen molar-refractivity contribution in [2.24, 2.45) is 5.16 Å². The van der Waals surface area contributed by atoms with E-state index in [2.05, 4.69) is 10.5 Å². The van der Waals surface area contributed by atoms with Gasteiger partial charge in [0.15, 0.2) is 5.78 Å². The number of nitrogens with zero attached hydrogens (tertiary/aromatic N) is 1. The highest BCUT2D eigenvalue weighted by molar-refractivity contribution is 5.96. The number of oxime groups is 1. The molecule has 0 fully saturated rings. The van der Waals surface area contributed by atoms with Crippen molar-refractivity contribution in [2.75, 3.05) is 5.32 Å². The van der Waals surface area contributed by atoms with Gasteiger partial charge in [0.25, 0.3) is 5.91 Å². The molecule has 2 rings (SSSR count). The quantitative estimate of drug-likeness (QED) is 0.433. The van der Waals surface area contributed by atoms with Gasteiger partial charge in [0.05, 0.1) is 12.3 Å². The van der Waals surface area contributed by atoms with Gasteiger partial charge in [0, 0.05) is 16.8 Å². The number of ether oxygens (including phenoxy) is 1. The first-order valence-electron chi connectivity index (χ1n) is 8.73. The Morgan fingerprint density at radius 3 is 2.33 bits per heavy atom. The van der Waals surface area contributed by atoms with Crippen LogP contribution in [0.4, 0.5) is 5.69 Å². The Hall–Kier alpha value is -3.15. The second kappa shape index (κ2) is 9.52. The van der Waals surface area contributed by atoms with E-state index in [1.807, 2.05) is 38.1 Å². The van der Waals surface area contributed by atoms with Crippen molar-refractivity contribution >= 4 is 23.6 Å². The number of para-hydroxylation sites is 1. The van der Waals surface area contributed by atoms with Gasteiger partial charge in [0.2, 0.25) is 6.10 Å². The Balaban J connectivity index is 1.93. The van der Waals surface area contributed by atoms with E-state index in [0.29, 0.717) is 17.0 Å². The SMILES string of the molecule is CC(=O)c1ccc(NC(=O)C(C)O/N=C/c2ccccc2OC(C)C)cc1. The maximum absolute atomic E-state index is 12.2. The largest absolute Gasteiger partial charge is 0.490 e. The van der Waals surface area contributed by atoms with Crippen LogP contribution in [0.2, 0.25) is 0 Å². The Morgan fingerprint density at radius 2 is 1.70 bits per heavy atom. The smallest absolute Gasteiger partial charge is 0.267 e. The molecule has 0 heterocycles. The topological polar surface area (TPSA) is 77.0 Å². The number of carbonyl (C=O) groups excluding carboxylic acids is 2. The molecule has 0 saturated carbocycles. The van der Waals surface area contributed by atoms with Crippen molar-refractivity contribution in [3.8, 4) is 5.75 Å². The molecule has 142 valence electrons. The maximum Gasteiger partial charge on any atom is 0.267 e. The van der Waals surface area contributed by atoms with Crippen LogP contribution in [0, 0.1) is 0 Å². The van der Waals surface area contributed by atoms with Gasteiger partial charge in [0.1, 0.15) is 5.75 Å². The van der Waals surface area contributed by atoms with E-state index in [4.69, 9.17) is 9.57 Å². The molecule has 1 atom stereocenters. The highest BCUT2D eigenvalue weighted by atomic mass is 16.6. The zero-order valence-electron chi connectivity index (χ0n) is 15.9. The second-order valence-electron chi connectivity index (χ2n) is 6.31. The number of nitrogens with one attached hydrogen (secondary N) is 1. The summed E-state index contributed by atoms with van der Waals surface area (Å²) in [6.07, 6.45) is 0.773. The molecule has 0 aliphatic rings. The number of hydrogen-bond donors (Lipinski definition) is 1. The number of amides is 1. The molecule has 2 aromatic carbocycles. The average Bonchev–Trinajstić information content (AvgIpc) is 2.63. The van der Waals surface area contributed by atoms with E-state index in [1.165, 1.54) is 13.1 Å². The highest BCUT2D eigenvalue weighted by Crippen LogP contribution is 2.17. The Labute approximate surface area is 159 Å². The van der Waals surface area contributed by atoms with Crippen molar-refractivity contribution < 1.29 is 19.2 Å². The first-order valence-corrected chi connectivity index (χ1v) is 8.73. The summed E-state index contributed by atoms with van der Waals surface area (Å²) in [6, 6.07) is 14.1. The summed E-state index contributed by atoms with van der Waals surface area (Å²) in [5.74, 6) is 0.331. The molecular formula is C21H24N2O4. The Morgan fingerprint density at radius 1 is 1.04 bits per heavy atom. The van der Waals surface area contributed by atoms with Crippen LogP contribution in [0.1, 0.15) is 43.6 Å². The zero-order valence-corrected chi connectivity index (χ0v) is 15.9. The highest BCUT2D eigenvalue weighted by Gasteiger charge is 2.14. The van der Waals surface area contributed by atoms with Gasteiger partial charge in [-0.2, -0.15) is 0 Å². The minimum absolute atomic E-state index is 0.0272. The number of benzene rings is 2. The van der Waals surface area contributed by atoms with E-state index in [-0.39, 0.29) is 17.8 Å². The lowest BCUT2D eigenvalue weighted by molar-refractivity contribution is -0.126. The van der Waals surface area contributed by atoms with Gasteiger partial charge in [-0.25, -0.2) is 0 Å². The first-order chi connectivity index (χ1) is 12.9. The second-order valence-corrected chi connectivity index (χ2v) is 6.31. The van der Waals surface area contributed by atoms with Gasteiger partial charge < -0.3 is 14.9 Å². The minimum Gasteiger partial charge on any atom is -0.490 e. The van der Waals surface area contributed by atoms with Crippen molar-refractivity contribution in [3.63, 3.8) is 0 Å². The summed E-state index contributed by atoms with van der Waals surface area (Å²) >= 11 is 0. The van der Waals surface area contributed by atoms with Gasteiger partial charge in [-0.1, -0.05) is 17.3 Å². The number of hydrogen-bond acceptors (Lipinski definition) is 5. The lowest BCUT2D eigenvalue weighted by Gasteiger charge is -2.12. The molecule has 6 heteroatoms. The summed E-state index contributed by atoms with van der Waals surface area (Å²) in [5.41, 5.74) is 1.93. The summed E-state index contributed by atoms with van der Waals surface area (Å²) < 4.78 is 5.71. The molecule has 0 spiro atoms. The standard InChI is InChI=1S/C21H24N2O4/c1-14(2)26-20-8-6-5-7-18(20)13-22-27-16(4)21(25)23-19-11-9-17(10-12-19)15(3)24/h5-14,16H,1-4H3,(H,23,25)/b22-13+. The maximum atomic E-state index is 12.2.